The van der Waals surface area contributed by atoms with Crippen molar-refractivity contribution in [1.82, 2.24) is 30.2 Å². The maximum Gasteiger partial charge on any atom is 0.225 e. The summed E-state index contributed by atoms with van der Waals surface area (Å²) < 4.78 is 0. The second-order valence-electron chi connectivity index (χ2n) is 9.88. The third kappa shape index (κ3) is 6.46. The summed E-state index contributed by atoms with van der Waals surface area (Å²) in [4.78, 5) is 28.3. The first-order valence-electron chi connectivity index (χ1n) is 13.5. The van der Waals surface area contributed by atoms with Gasteiger partial charge in [-0.25, -0.2) is 20.0 Å². The zero-order chi connectivity index (χ0) is 27.4. The van der Waals surface area contributed by atoms with Crippen molar-refractivity contribution in [3.05, 3.63) is 131 Å². The fourth-order valence-corrected chi connectivity index (χ4v) is 4.80. The zero-order valence-corrected chi connectivity index (χ0v) is 23.6. The van der Waals surface area contributed by atoms with Crippen LogP contribution in [0.3, 0.4) is 0 Å². The van der Waals surface area contributed by atoms with Crippen molar-refractivity contribution < 1.29 is 17.1 Å². The normalized spacial score (nSPS) is 17.7. The van der Waals surface area contributed by atoms with Gasteiger partial charge in [-0.1, -0.05) is 36.4 Å². The minimum atomic E-state index is 0. The third-order valence-electron chi connectivity index (χ3n) is 6.79. The molecule has 4 N–H and O–H groups in total. The molecule has 0 fully saturated rings. The second-order valence-corrected chi connectivity index (χ2v) is 9.88. The molecule has 42 heavy (non-hydrogen) atoms. The van der Waals surface area contributed by atoms with E-state index >= 15 is 0 Å². The number of aromatic nitrogens is 5. The van der Waals surface area contributed by atoms with Gasteiger partial charge in [-0.15, -0.1) is 0 Å². The van der Waals surface area contributed by atoms with Gasteiger partial charge in [-0.05, 0) is 72.7 Å². The first kappa shape index (κ1) is 27.1. The zero-order valence-electron chi connectivity index (χ0n) is 22.5. The number of H-pyrrole nitrogens is 2. The molecule has 1 unspecified atom stereocenters. The van der Waals surface area contributed by atoms with Crippen molar-refractivity contribution >= 4 is 40.7 Å². The van der Waals surface area contributed by atoms with E-state index in [0.717, 1.165) is 51.2 Å². The average molecular weight is 593 g/mol. The molecule has 9 nitrogen and oxygen atoms in total. The molecule has 0 aliphatic carbocycles. The van der Waals surface area contributed by atoms with Crippen LogP contribution in [0, 0.1) is 0 Å². The number of aliphatic imine (C=N–C) groups is 2. The number of allylic oxidation sites excluding steroid dienone is 5. The molecule has 0 radical (unpaired) electrons. The van der Waals surface area contributed by atoms with E-state index in [2.05, 4.69) is 106 Å². The molecule has 4 aliphatic rings. The summed E-state index contributed by atoms with van der Waals surface area (Å²) in [5, 5.41) is 8.76. The Balaban J connectivity index is 0.000000155. The second kappa shape index (κ2) is 12.2. The van der Waals surface area contributed by atoms with E-state index in [0.29, 0.717) is 18.1 Å². The number of hydrogen-bond donors (Lipinski definition) is 4. The molecule has 8 bridgehead atoms. The molecule has 4 aromatic rings. The number of benzene rings is 1. The van der Waals surface area contributed by atoms with E-state index in [1.54, 1.807) is 12.5 Å². The summed E-state index contributed by atoms with van der Waals surface area (Å²) >= 11 is 0. The van der Waals surface area contributed by atoms with Crippen LogP contribution in [0.25, 0.3) is 23.3 Å². The van der Waals surface area contributed by atoms with Gasteiger partial charge in [0.25, 0.3) is 0 Å². The molecule has 4 aliphatic heterocycles. The molecule has 1 aromatic carbocycles. The monoisotopic (exact) mass is 593 g/mol. The number of rotatable bonds is 3. The SMILES string of the molecule is C1=CC2=NC1=CC1=CCC(C=C3C=CC(=N3)C=c3ccc([nH]3)=C2)N1.[Fe].c1ccc(CNc2ncc3[nH]cnc3n2)cc1. The van der Waals surface area contributed by atoms with Gasteiger partial charge in [0.1, 0.15) is 5.52 Å². The summed E-state index contributed by atoms with van der Waals surface area (Å²) in [6.45, 7) is 0.705. The molecule has 0 spiro atoms. The summed E-state index contributed by atoms with van der Waals surface area (Å²) in [6, 6.07) is 14.5. The van der Waals surface area contributed by atoms with Crippen molar-refractivity contribution in [3.63, 3.8) is 0 Å². The van der Waals surface area contributed by atoms with E-state index in [1.165, 1.54) is 5.56 Å². The van der Waals surface area contributed by atoms with Gasteiger partial charge in [0.15, 0.2) is 5.65 Å². The van der Waals surface area contributed by atoms with Crippen LogP contribution in [0.15, 0.2) is 125 Å². The number of hydrogen-bond acceptors (Lipinski definition) is 7. The predicted octanol–water partition coefficient (Wildman–Crippen LogP) is 3.59. The number of aromatic amines is 2. The van der Waals surface area contributed by atoms with E-state index in [9.17, 15) is 0 Å². The summed E-state index contributed by atoms with van der Waals surface area (Å²) in [7, 11) is 0. The van der Waals surface area contributed by atoms with Gasteiger partial charge in [-0.3, -0.25) is 0 Å². The Morgan fingerprint density at radius 3 is 2.40 bits per heavy atom. The van der Waals surface area contributed by atoms with Gasteiger partial charge >= 0.3 is 0 Å². The number of anilines is 1. The van der Waals surface area contributed by atoms with Crippen LogP contribution in [-0.2, 0) is 23.6 Å². The average Bonchev–Trinajstić information content (AvgIpc) is 3.83. The molecule has 8 rings (SSSR count). The van der Waals surface area contributed by atoms with Crippen LogP contribution in [0.1, 0.15) is 12.0 Å². The molecule has 0 saturated carbocycles. The minimum Gasteiger partial charge on any atom is -0.379 e. The van der Waals surface area contributed by atoms with Gasteiger partial charge in [0, 0.05) is 40.0 Å². The number of nitrogens with one attached hydrogen (secondary N) is 4. The quantitative estimate of drug-likeness (QED) is 0.271. The largest absolute Gasteiger partial charge is 0.379 e. The van der Waals surface area contributed by atoms with Crippen molar-refractivity contribution in [2.24, 2.45) is 9.98 Å². The van der Waals surface area contributed by atoms with Crippen molar-refractivity contribution in [3.8, 4) is 0 Å². The molecule has 0 saturated heterocycles. The van der Waals surface area contributed by atoms with E-state index < -0.39 is 0 Å². The first-order valence-corrected chi connectivity index (χ1v) is 13.5. The molecule has 0 amide bonds. The Morgan fingerprint density at radius 2 is 1.60 bits per heavy atom. The molecule has 10 heteroatoms. The van der Waals surface area contributed by atoms with Gasteiger partial charge in [0.05, 0.1) is 41.4 Å². The molecular formula is C32H27FeN9. The van der Waals surface area contributed by atoms with Gasteiger partial charge in [-0.2, -0.15) is 4.98 Å². The minimum absolute atomic E-state index is 0. The maximum absolute atomic E-state index is 4.68. The Labute approximate surface area is 252 Å². The predicted molar refractivity (Wildman–Crippen MR) is 163 cm³/mol. The molecule has 7 heterocycles. The van der Waals surface area contributed by atoms with Crippen LogP contribution < -0.4 is 21.3 Å². The maximum atomic E-state index is 4.68. The van der Waals surface area contributed by atoms with Gasteiger partial charge < -0.3 is 20.6 Å². The number of imidazole rings is 1. The van der Waals surface area contributed by atoms with Gasteiger partial charge in [0.2, 0.25) is 5.95 Å². The standard InChI is InChI=1S/C20H16N4.C12H11N5.Fe/c1-2-14-10-16-5-6-18(23-16)12-20-8-7-19(24-20)11-17-4-3-15(22-17)9-13(1)21-14;1-2-4-9(5-3-1)6-13-12-14-7-10-11(17-12)16-8-15-10;/h1-7,9-12,20-21,24H,8H2;1-5,7-8H,6H2,(H2,13,14,15,16,17);. The van der Waals surface area contributed by atoms with Crippen LogP contribution in [0.4, 0.5) is 5.95 Å². The van der Waals surface area contributed by atoms with Crippen molar-refractivity contribution in [1.29, 1.82) is 0 Å². The van der Waals surface area contributed by atoms with Crippen LogP contribution in [0.5, 0.6) is 0 Å². The molecule has 3 aromatic heterocycles. The summed E-state index contributed by atoms with van der Waals surface area (Å²) in [5.41, 5.74) is 7.73. The van der Waals surface area contributed by atoms with Crippen LogP contribution in [-0.4, -0.2) is 42.4 Å². The Hall–Kier alpha value is -5.05. The molecule has 1 atom stereocenters. The fraction of sp³-hybridized carbons (Fsp3) is 0.0938. The topological polar surface area (TPSA) is 119 Å². The molecule has 208 valence electrons. The smallest absolute Gasteiger partial charge is 0.225 e. The summed E-state index contributed by atoms with van der Waals surface area (Å²) in [5.74, 6) is 0.591. The summed E-state index contributed by atoms with van der Waals surface area (Å²) in [6.07, 6.45) is 23.1. The molecular weight excluding hydrogens is 566 g/mol. The Kier molecular flexibility index (Phi) is 7.89. The fourth-order valence-electron chi connectivity index (χ4n) is 4.80. The van der Waals surface area contributed by atoms with Crippen molar-refractivity contribution in [2.45, 2.75) is 19.0 Å². The Morgan fingerprint density at radius 1 is 0.833 bits per heavy atom. The van der Waals surface area contributed by atoms with Crippen LogP contribution in [0.2, 0.25) is 0 Å². The first-order chi connectivity index (χ1) is 20.2. The van der Waals surface area contributed by atoms with E-state index in [-0.39, 0.29) is 23.1 Å². The van der Waals surface area contributed by atoms with E-state index in [1.807, 2.05) is 36.4 Å². The number of nitrogens with zero attached hydrogens (tertiary/aromatic N) is 5. The van der Waals surface area contributed by atoms with Crippen molar-refractivity contribution in [2.75, 3.05) is 5.32 Å². The third-order valence-corrected chi connectivity index (χ3v) is 6.79. The van der Waals surface area contributed by atoms with Crippen LogP contribution >= 0.6 is 0 Å². The number of fused-ring (bicyclic) bond motifs is 7. The van der Waals surface area contributed by atoms with E-state index in [4.69, 9.17) is 0 Å². The Bertz CT molecular complexity index is 1950.